The fraction of sp³-hybridized carbons (Fsp3) is 0.217. The van der Waals surface area contributed by atoms with Gasteiger partial charge in [-0.15, -0.1) is 0 Å². The van der Waals surface area contributed by atoms with Gasteiger partial charge in [0.25, 0.3) is 5.56 Å². The van der Waals surface area contributed by atoms with Crippen molar-refractivity contribution in [1.29, 1.82) is 0 Å². The molecule has 0 unspecified atom stereocenters. The Labute approximate surface area is 184 Å². The van der Waals surface area contributed by atoms with Crippen LogP contribution >= 0.6 is 0 Å². The van der Waals surface area contributed by atoms with Gasteiger partial charge >= 0.3 is 5.69 Å². The van der Waals surface area contributed by atoms with Crippen molar-refractivity contribution in [2.75, 3.05) is 12.5 Å². The first kappa shape index (κ1) is 21.1. The summed E-state index contributed by atoms with van der Waals surface area (Å²) >= 11 is 0. The van der Waals surface area contributed by atoms with Gasteiger partial charge in [-0.05, 0) is 54.8 Å². The summed E-state index contributed by atoms with van der Waals surface area (Å²) in [5.74, 6) is 1.11. The molecule has 2 aromatic carbocycles. The van der Waals surface area contributed by atoms with Gasteiger partial charge in [0.15, 0.2) is 11.2 Å². The summed E-state index contributed by atoms with van der Waals surface area (Å²) in [5, 5.41) is 4.29. The van der Waals surface area contributed by atoms with E-state index in [2.05, 4.69) is 26.6 Å². The number of rotatable bonds is 6. The SMILES string of the molecule is COc1ccc(C=NNc2nc3c(c(=O)[nH]c(=O)n3C)n2Cc2cc(C)ccc2C)cc1. The highest BCUT2D eigenvalue weighted by Crippen LogP contribution is 2.20. The molecule has 164 valence electrons. The molecule has 0 amide bonds. The van der Waals surface area contributed by atoms with Gasteiger partial charge in [-0.2, -0.15) is 10.1 Å². The lowest BCUT2D eigenvalue weighted by molar-refractivity contribution is 0.415. The first-order valence-electron chi connectivity index (χ1n) is 10.1. The van der Waals surface area contributed by atoms with Gasteiger partial charge in [-0.1, -0.05) is 23.8 Å². The Bertz CT molecular complexity index is 1430. The molecule has 0 aliphatic rings. The van der Waals surface area contributed by atoms with E-state index in [-0.39, 0.29) is 5.65 Å². The number of benzene rings is 2. The normalized spacial score (nSPS) is 11.4. The van der Waals surface area contributed by atoms with E-state index in [1.165, 1.54) is 4.57 Å². The minimum Gasteiger partial charge on any atom is -0.497 e. The van der Waals surface area contributed by atoms with Crippen LogP contribution in [0.25, 0.3) is 11.2 Å². The molecular formula is C23H24N6O3. The lowest BCUT2D eigenvalue weighted by Gasteiger charge is -2.11. The van der Waals surface area contributed by atoms with E-state index in [0.717, 1.165) is 28.0 Å². The lowest BCUT2D eigenvalue weighted by atomic mass is 10.1. The van der Waals surface area contributed by atoms with Crippen LogP contribution in [0.1, 0.15) is 22.3 Å². The maximum atomic E-state index is 12.7. The van der Waals surface area contributed by atoms with Crippen LogP contribution in [-0.2, 0) is 13.6 Å². The van der Waals surface area contributed by atoms with Crippen molar-refractivity contribution in [3.05, 3.63) is 85.6 Å². The largest absolute Gasteiger partial charge is 0.497 e. The molecule has 4 aromatic rings. The van der Waals surface area contributed by atoms with E-state index in [9.17, 15) is 9.59 Å². The second-order valence-corrected chi connectivity index (χ2v) is 7.59. The smallest absolute Gasteiger partial charge is 0.329 e. The number of H-pyrrole nitrogens is 1. The van der Waals surface area contributed by atoms with Crippen LogP contribution in [0.4, 0.5) is 5.95 Å². The number of anilines is 1. The molecule has 2 heterocycles. The summed E-state index contributed by atoms with van der Waals surface area (Å²) in [4.78, 5) is 31.6. The second kappa shape index (κ2) is 8.54. The zero-order valence-electron chi connectivity index (χ0n) is 18.3. The topological polar surface area (TPSA) is 106 Å². The number of aryl methyl sites for hydroxylation is 3. The molecule has 0 saturated carbocycles. The number of fused-ring (bicyclic) bond motifs is 1. The zero-order valence-corrected chi connectivity index (χ0v) is 18.3. The lowest BCUT2D eigenvalue weighted by Crippen LogP contribution is -2.29. The standard InChI is InChI=1S/C23H24N6O3/c1-14-5-6-15(2)17(11-14)13-29-19-20(28(3)23(31)26-21(19)30)25-22(29)27-24-12-16-7-9-18(32-4)10-8-16/h5-12H,13H2,1-4H3,(H,25,27)(H,26,30,31). The van der Waals surface area contributed by atoms with Crippen LogP contribution in [0.2, 0.25) is 0 Å². The predicted octanol–water partition coefficient (Wildman–Crippen LogP) is 2.54. The highest BCUT2D eigenvalue weighted by molar-refractivity contribution is 5.80. The molecule has 0 spiro atoms. The molecule has 32 heavy (non-hydrogen) atoms. The first-order valence-corrected chi connectivity index (χ1v) is 10.1. The number of hydrazone groups is 1. The fourth-order valence-electron chi connectivity index (χ4n) is 3.47. The van der Waals surface area contributed by atoms with Gasteiger partial charge < -0.3 is 4.74 Å². The Morgan fingerprint density at radius 2 is 1.91 bits per heavy atom. The predicted molar refractivity (Wildman–Crippen MR) is 125 cm³/mol. The van der Waals surface area contributed by atoms with E-state index < -0.39 is 11.2 Å². The molecule has 0 aliphatic carbocycles. The maximum Gasteiger partial charge on any atom is 0.329 e. The summed E-state index contributed by atoms with van der Waals surface area (Å²) in [7, 11) is 3.18. The number of methoxy groups -OCH3 is 1. The van der Waals surface area contributed by atoms with Crippen molar-refractivity contribution in [2.45, 2.75) is 20.4 Å². The second-order valence-electron chi connectivity index (χ2n) is 7.59. The zero-order chi connectivity index (χ0) is 22.8. The summed E-state index contributed by atoms with van der Waals surface area (Å²) < 4.78 is 8.22. The highest BCUT2D eigenvalue weighted by Gasteiger charge is 2.18. The number of nitrogens with zero attached hydrogens (tertiary/aromatic N) is 4. The molecule has 2 aromatic heterocycles. The number of imidazole rings is 1. The van der Waals surface area contributed by atoms with Crippen LogP contribution in [-0.4, -0.2) is 32.4 Å². The number of hydrogen-bond acceptors (Lipinski definition) is 6. The fourth-order valence-corrected chi connectivity index (χ4v) is 3.47. The molecule has 0 saturated heterocycles. The number of aromatic amines is 1. The monoisotopic (exact) mass is 432 g/mol. The molecule has 0 fully saturated rings. The summed E-state index contributed by atoms with van der Waals surface area (Å²) in [5.41, 5.74) is 6.61. The van der Waals surface area contributed by atoms with E-state index in [4.69, 9.17) is 4.74 Å². The number of ether oxygens (including phenoxy) is 1. The first-order chi connectivity index (χ1) is 15.4. The van der Waals surface area contributed by atoms with E-state index >= 15 is 0 Å². The van der Waals surface area contributed by atoms with Crippen LogP contribution in [0.3, 0.4) is 0 Å². The number of hydrogen-bond donors (Lipinski definition) is 2. The minimum absolute atomic E-state index is 0.284. The van der Waals surface area contributed by atoms with Crippen molar-refractivity contribution in [3.8, 4) is 5.75 Å². The summed E-state index contributed by atoms with van der Waals surface area (Å²) in [6, 6.07) is 13.6. The van der Waals surface area contributed by atoms with Crippen LogP contribution in [0, 0.1) is 13.8 Å². The van der Waals surface area contributed by atoms with Crippen molar-refractivity contribution >= 4 is 23.3 Å². The summed E-state index contributed by atoms with van der Waals surface area (Å²) in [6.07, 6.45) is 1.64. The van der Waals surface area contributed by atoms with E-state index in [1.54, 1.807) is 24.9 Å². The molecule has 9 heteroatoms. The minimum atomic E-state index is -0.521. The Balaban J connectivity index is 1.77. The Kier molecular flexibility index (Phi) is 5.63. The van der Waals surface area contributed by atoms with E-state index in [0.29, 0.717) is 18.0 Å². The molecule has 2 N–H and O–H groups in total. The van der Waals surface area contributed by atoms with E-state index in [1.807, 2.05) is 50.2 Å². The third-order valence-corrected chi connectivity index (χ3v) is 5.33. The van der Waals surface area contributed by atoms with Gasteiger partial charge in [0.1, 0.15) is 5.75 Å². The molecular weight excluding hydrogens is 408 g/mol. The molecule has 4 rings (SSSR count). The Hall–Kier alpha value is -4.14. The quantitative estimate of drug-likeness (QED) is 0.360. The summed E-state index contributed by atoms with van der Waals surface area (Å²) in [6.45, 7) is 4.43. The Morgan fingerprint density at radius 3 is 2.62 bits per heavy atom. The third-order valence-electron chi connectivity index (χ3n) is 5.33. The maximum absolute atomic E-state index is 12.7. The van der Waals surface area contributed by atoms with Crippen molar-refractivity contribution in [2.24, 2.45) is 12.1 Å². The van der Waals surface area contributed by atoms with Crippen LogP contribution in [0.15, 0.2) is 57.2 Å². The van der Waals surface area contributed by atoms with Gasteiger partial charge in [0.05, 0.1) is 19.9 Å². The average Bonchev–Trinajstić information content (AvgIpc) is 3.14. The number of aromatic nitrogens is 4. The van der Waals surface area contributed by atoms with Gasteiger partial charge in [-0.25, -0.2) is 10.2 Å². The van der Waals surface area contributed by atoms with Crippen LogP contribution in [0.5, 0.6) is 5.75 Å². The Morgan fingerprint density at radius 1 is 1.16 bits per heavy atom. The van der Waals surface area contributed by atoms with Gasteiger partial charge in [0, 0.05) is 7.05 Å². The van der Waals surface area contributed by atoms with Crippen molar-refractivity contribution < 1.29 is 4.74 Å². The molecule has 0 bridgehead atoms. The van der Waals surface area contributed by atoms with Gasteiger partial charge in [-0.3, -0.25) is 18.9 Å². The van der Waals surface area contributed by atoms with Crippen molar-refractivity contribution in [3.63, 3.8) is 0 Å². The molecule has 0 aliphatic heterocycles. The molecule has 9 nitrogen and oxygen atoms in total. The average molecular weight is 432 g/mol. The molecule has 0 atom stereocenters. The van der Waals surface area contributed by atoms with Gasteiger partial charge in [0.2, 0.25) is 5.95 Å². The number of nitrogens with one attached hydrogen (secondary N) is 2. The van der Waals surface area contributed by atoms with Crippen molar-refractivity contribution in [1.82, 2.24) is 19.1 Å². The highest BCUT2D eigenvalue weighted by atomic mass is 16.5. The van der Waals surface area contributed by atoms with Crippen LogP contribution < -0.4 is 21.4 Å². The third kappa shape index (κ3) is 4.04. The molecule has 0 radical (unpaired) electrons.